The van der Waals surface area contributed by atoms with Crippen LogP contribution in [0, 0.1) is 0 Å². The maximum atomic E-state index is 4.67. The summed E-state index contributed by atoms with van der Waals surface area (Å²) >= 11 is 0. The first-order valence-corrected chi connectivity index (χ1v) is 3.36. The molecule has 0 spiro atoms. The van der Waals surface area contributed by atoms with Gasteiger partial charge in [-0.3, -0.25) is 0 Å². The van der Waals surface area contributed by atoms with Gasteiger partial charge in [-0.25, -0.2) is 0 Å². The van der Waals surface area contributed by atoms with E-state index in [2.05, 4.69) is 20.6 Å². The van der Waals surface area contributed by atoms with Gasteiger partial charge in [0.1, 0.15) is 7.11 Å². The zero-order valence-electron chi connectivity index (χ0n) is 6.35. The van der Waals surface area contributed by atoms with Gasteiger partial charge >= 0.3 is 0 Å². The molecule has 0 aromatic carbocycles. The van der Waals surface area contributed by atoms with Crippen LogP contribution < -0.4 is 10.6 Å². The molecule has 0 aromatic rings. The summed E-state index contributed by atoms with van der Waals surface area (Å²) in [5, 5.41) is 10.2. The molecule has 1 aliphatic heterocycles. The van der Waals surface area contributed by atoms with Crippen molar-refractivity contribution < 1.29 is 4.84 Å². The molecule has 1 atom stereocenters. The highest BCUT2D eigenvalue weighted by molar-refractivity contribution is 5.93. The Morgan fingerprint density at radius 3 is 3.20 bits per heavy atom. The van der Waals surface area contributed by atoms with Gasteiger partial charge in [0, 0.05) is 13.1 Å². The molecule has 1 unspecified atom stereocenters. The Morgan fingerprint density at radius 2 is 2.60 bits per heavy atom. The van der Waals surface area contributed by atoms with E-state index in [4.69, 9.17) is 0 Å². The van der Waals surface area contributed by atoms with Crippen LogP contribution in [0.3, 0.4) is 0 Å². The number of nitrogens with zero attached hydrogens (tertiary/aromatic N) is 1. The fraction of sp³-hybridized carbons (Fsp3) is 0.833. The number of nitrogens with one attached hydrogen (secondary N) is 2. The van der Waals surface area contributed by atoms with Crippen molar-refractivity contribution in [3.63, 3.8) is 0 Å². The zero-order chi connectivity index (χ0) is 7.40. The SMILES string of the molecule is CNC1CNC/C1=N\OC. The number of hydrogen-bond donors (Lipinski definition) is 2. The summed E-state index contributed by atoms with van der Waals surface area (Å²) < 4.78 is 0. The Labute approximate surface area is 60.6 Å². The smallest absolute Gasteiger partial charge is 0.106 e. The van der Waals surface area contributed by atoms with E-state index in [1.165, 1.54) is 0 Å². The Hall–Kier alpha value is -0.610. The van der Waals surface area contributed by atoms with Crippen LogP contribution in [0.15, 0.2) is 5.16 Å². The quantitative estimate of drug-likeness (QED) is 0.496. The predicted octanol–water partition coefficient (Wildman–Crippen LogP) is -0.820. The largest absolute Gasteiger partial charge is 0.399 e. The number of hydrogen-bond acceptors (Lipinski definition) is 4. The Balaban J connectivity index is 2.49. The Morgan fingerprint density at radius 1 is 1.80 bits per heavy atom. The standard InChI is InChI=1S/C6H13N3O/c1-7-5-3-8-4-6(5)9-10-2/h5,7-8H,3-4H2,1-2H3/b9-6+. The van der Waals surface area contributed by atoms with Gasteiger partial charge in [-0.2, -0.15) is 0 Å². The van der Waals surface area contributed by atoms with E-state index >= 15 is 0 Å². The maximum absolute atomic E-state index is 4.67. The minimum Gasteiger partial charge on any atom is -0.399 e. The van der Waals surface area contributed by atoms with Gasteiger partial charge in [-0.1, -0.05) is 5.16 Å². The molecular formula is C6H13N3O. The van der Waals surface area contributed by atoms with Crippen molar-refractivity contribution in [3.8, 4) is 0 Å². The maximum Gasteiger partial charge on any atom is 0.106 e. The molecule has 1 saturated heterocycles. The summed E-state index contributed by atoms with van der Waals surface area (Å²) in [5.41, 5.74) is 1.05. The molecule has 1 heterocycles. The molecule has 1 aliphatic rings. The minimum absolute atomic E-state index is 0.347. The van der Waals surface area contributed by atoms with Crippen molar-refractivity contribution in [1.82, 2.24) is 10.6 Å². The predicted molar refractivity (Wildman–Crippen MR) is 40.2 cm³/mol. The molecule has 0 aliphatic carbocycles. The van der Waals surface area contributed by atoms with Crippen LogP contribution in [0.25, 0.3) is 0 Å². The van der Waals surface area contributed by atoms with E-state index in [0.717, 1.165) is 18.8 Å². The van der Waals surface area contributed by atoms with Gasteiger partial charge in [0.2, 0.25) is 0 Å². The summed E-state index contributed by atoms with van der Waals surface area (Å²) in [6.45, 7) is 1.78. The third-order valence-corrected chi connectivity index (χ3v) is 1.61. The lowest BCUT2D eigenvalue weighted by Gasteiger charge is -2.05. The molecule has 0 aromatic heterocycles. The number of oxime groups is 1. The van der Waals surface area contributed by atoms with Gasteiger partial charge in [0.05, 0.1) is 11.8 Å². The Kier molecular flexibility index (Phi) is 2.65. The lowest BCUT2D eigenvalue weighted by molar-refractivity contribution is 0.212. The third kappa shape index (κ3) is 1.46. The van der Waals surface area contributed by atoms with E-state index in [-0.39, 0.29) is 0 Å². The van der Waals surface area contributed by atoms with Gasteiger partial charge in [0.15, 0.2) is 0 Å². The zero-order valence-corrected chi connectivity index (χ0v) is 6.35. The summed E-state index contributed by atoms with van der Waals surface area (Å²) in [5.74, 6) is 0. The van der Waals surface area contributed by atoms with Crippen LogP contribution in [-0.2, 0) is 4.84 Å². The second-order valence-electron chi connectivity index (χ2n) is 2.24. The van der Waals surface area contributed by atoms with Crippen molar-refractivity contribution in [1.29, 1.82) is 0 Å². The first kappa shape index (κ1) is 7.50. The number of likely N-dealkylation sites (N-methyl/N-ethyl adjacent to an activating group) is 1. The van der Waals surface area contributed by atoms with Gasteiger partial charge in [0.25, 0.3) is 0 Å². The van der Waals surface area contributed by atoms with Crippen molar-refractivity contribution in [2.45, 2.75) is 6.04 Å². The first-order valence-electron chi connectivity index (χ1n) is 3.36. The highest BCUT2D eigenvalue weighted by atomic mass is 16.6. The van der Waals surface area contributed by atoms with Crippen LogP contribution in [-0.4, -0.2) is 39.0 Å². The molecular weight excluding hydrogens is 130 g/mol. The van der Waals surface area contributed by atoms with Crippen LogP contribution in [0.2, 0.25) is 0 Å². The van der Waals surface area contributed by atoms with Crippen molar-refractivity contribution in [3.05, 3.63) is 0 Å². The molecule has 2 N–H and O–H groups in total. The van der Waals surface area contributed by atoms with E-state index in [1.54, 1.807) is 7.11 Å². The monoisotopic (exact) mass is 143 g/mol. The number of rotatable bonds is 2. The molecule has 1 rings (SSSR count). The molecule has 0 radical (unpaired) electrons. The first-order chi connectivity index (χ1) is 4.88. The average Bonchev–Trinajstić information content (AvgIpc) is 2.36. The lowest BCUT2D eigenvalue weighted by Crippen LogP contribution is -2.33. The van der Waals surface area contributed by atoms with Crippen molar-refractivity contribution in [2.24, 2.45) is 5.16 Å². The van der Waals surface area contributed by atoms with Crippen molar-refractivity contribution >= 4 is 5.71 Å². The second kappa shape index (κ2) is 3.53. The summed E-state index contributed by atoms with van der Waals surface area (Å²) in [4.78, 5) is 4.67. The Bertz CT molecular complexity index is 135. The third-order valence-electron chi connectivity index (χ3n) is 1.61. The second-order valence-corrected chi connectivity index (χ2v) is 2.24. The van der Waals surface area contributed by atoms with E-state index < -0.39 is 0 Å². The van der Waals surface area contributed by atoms with Crippen LogP contribution >= 0.6 is 0 Å². The minimum atomic E-state index is 0.347. The van der Waals surface area contributed by atoms with E-state index in [9.17, 15) is 0 Å². The topological polar surface area (TPSA) is 45.7 Å². The molecule has 0 saturated carbocycles. The van der Waals surface area contributed by atoms with Gasteiger partial charge < -0.3 is 15.5 Å². The fourth-order valence-corrected chi connectivity index (χ4v) is 1.07. The fourth-order valence-electron chi connectivity index (χ4n) is 1.07. The van der Waals surface area contributed by atoms with Crippen molar-refractivity contribution in [2.75, 3.05) is 27.2 Å². The van der Waals surface area contributed by atoms with Crippen LogP contribution in [0.5, 0.6) is 0 Å². The summed E-state index contributed by atoms with van der Waals surface area (Å²) in [7, 11) is 3.49. The van der Waals surface area contributed by atoms with Gasteiger partial charge in [-0.05, 0) is 7.05 Å². The highest BCUT2D eigenvalue weighted by Gasteiger charge is 2.20. The molecule has 4 heteroatoms. The summed E-state index contributed by atoms with van der Waals surface area (Å²) in [6, 6.07) is 0.347. The highest BCUT2D eigenvalue weighted by Crippen LogP contribution is 1.94. The molecule has 0 bridgehead atoms. The average molecular weight is 143 g/mol. The molecule has 0 amide bonds. The van der Waals surface area contributed by atoms with E-state index in [0.29, 0.717) is 6.04 Å². The van der Waals surface area contributed by atoms with Crippen LogP contribution in [0.4, 0.5) is 0 Å². The van der Waals surface area contributed by atoms with E-state index in [1.807, 2.05) is 7.05 Å². The molecule has 58 valence electrons. The summed E-state index contributed by atoms with van der Waals surface area (Å²) in [6.07, 6.45) is 0. The lowest BCUT2D eigenvalue weighted by atomic mass is 10.2. The van der Waals surface area contributed by atoms with Crippen LogP contribution in [0.1, 0.15) is 0 Å². The molecule has 10 heavy (non-hydrogen) atoms. The molecule has 1 fully saturated rings. The normalized spacial score (nSPS) is 29.4. The van der Waals surface area contributed by atoms with Gasteiger partial charge in [-0.15, -0.1) is 0 Å². The molecule has 4 nitrogen and oxygen atoms in total.